The number of carbonyl (C=O) groups is 1. The minimum absolute atomic E-state index is 0.0396. The highest BCUT2D eigenvalue weighted by Crippen LogP contribution is 2.36. The fourth-order valence-corrected chi connectivity index (χ4v) is 3.65. The zero-order valence-corrected chi connectivity index (χ0v) is 11.5. The fourth-order valence-electron chi connectivity index (χ4n) is 3.65. The highest BCUT2D eigenvalue weighted by atomic mass is 16.2. The Labute approximate surface area is 114 Å². The quantitative estimate of drug-likeness (QED) is 0.884. The van der Waals surface area contributed by atoms with Gasteiger partial charge in [-0.15, -0.1) is 0 Å². The third-order valence-corrected chi connectivity index (χ3v) is 4.80. The van der Waals surface area contributed by atoms with E-state index in [4.69, 9.17) is 5.73 Å². The number of hydrogen-bond donors (Lipinski definition) is 1. The lowest BCUT2D eigenvalue weighted by atomic mass is 10.0. The van der Waals surface area contributed by atoms with Crippen LogP contribution in [0.4, 0.5) is 0 Å². The lowest BCUT2D eigenvalue weighted by Crippen LogP contribution is -2.41. The van der Waals surface area contributed by atoms with Gasteiger partial charge in [0.2, 0.25) is 5.91 Å². The Bertz CT molecular complexity index is 485. The number of fused-ring (bicyclic) bond motifs is 1. The number of benzene rings is 1. The van der Waals surface area contributed by atoms with Gasteiger partial charge in [0.25, 0.3) is 0 Å². The van der Waals surface area contributed by atoms with Crippen molar-refractivity contribution in [2.75, 3.05) is 7.05 Å². The summed E-state index contributed by atoms with van der Waals surface area (Å²) in [7, 11) is 1.94. The molecule has 3 heteroatoms. The van der Waals surface area contributed by atoms with Crippen molar-refractivity contribution >= 4 is 5.91 Å². The van der Waals surface area contributed by atoms with E-state index in [1.807, 2.05) is 11.9 Å². The second-order valence-electron chi connectivity index (χ2n) is 5.90. The van der Waals surface area contributed by atoms with Gasteiger partial charge in [-0.2, -0.15) is 0 Å². The summed E-state index contributed by atoms with van der Waals surface area (Å²) in [6.07, 6.45) is 5.16. The van der Waals surface area contributed by atoms with Crippen LogP contribution < -0.4 is 5.73 Å². The van der Waals surface area contributed by atoms with Gasteiger partial charge in [-0.1, -0.05) is 30.7 Å². The Balaban J connectivity index is 1.78. The normalized spacial score (nSPS) is 29.3. The summed E-state index contributed by atoms with van der Waals surface area (Å²) in [5, 5.41) is 0. The number of hydrogen-bond acceptors (Lipinski definition) is 2. The number of amides is 1. The molecule has 1 aromatic carbocycles. The van der Waals surface area contributed by atoms with Crippen molar-refractivity contribution in [1.29, 1.82) is 0 Å². The van der Waals surface area contributed by atoms with Crippen molar-refractivity contribution in [3.63, 3.8) is 0 Å². The topological polar surface area (TPSA) is 46.3 Å². The van der Waals surface area contributed by atoms with Gasteiger partial charge in [0.1, 0.15) is 0 Å². The number of carbonyl (C=O) groups excluding carboxylic acids is 1. The molecule has 0 radical (unpaired) electrons. The van der Waals surface area contributed by atoms with E-state index in [1.165, 1.54) is 11.1 Å². The Morgan fingerprint density at radius 1 is 1.26 bits per heavy atom. The van der Waals surface area contributed by atoms with Crippen LogP contribution in [-0.4, -0.2) is 23.9 Å². The SMILES string of the molecule is CN(C(=O)C1CCCC1N)C1CCc2ccccc21. The van der Waals surface area contributed by atoms with E-state index in [0.717, 1.165) is 32.1 Å². The molecule has 0 spiro atoms. The van der Waals surface area contributed by atoms with Crippen LogP contribution in [0.25, 0.3) is 0 Å². The van der Waals surface area contributed by atoms with Gasteiger partial charge in [-0.05, 0) is 36.8 Å². The maximum absolute atomic E-state index is 12.6. The molecule has 0 aromatic heterocycles. The molecule has 3 nitrogen and oxygen atoms in total. The van der Waals surface area contributed by atoms with E-state index in [2.05, 4.69) is 24.3 Å². The molecule has 0 saturated heterocycles. The van der Waals surface area contributed by atoms with Gasteiger partial charge < -0.3 is 10.6 Å². The average molecular weight is 258 g/mol. The van der Waals surface area contributed by atoms with E-state index in [1.54, 1.807) is 0 Å². The summed E-state index contributed by atoms with van der Waals surface area (Å²) < 4.78 is 0. The summed E-state index contributed by atoms with van der Waals surface area (Å²) in [6.45, 7) is 0. The van der Waals surface area contributed by atoms with E-state index < -0.39 is 0 Å². The number of nitrogens with zero attached hydrogens (tertiary/aromatic N) is 1. The molecule has 1 aromatic rings. The van der Waals surface area contributed by atoms with Gasteiger partial charge in [-0.3, -0.25) is 4.79 Å². The number of rotatable bonds is 2. The molecule has 0 heterocycles. The van der Waals surface area contributed by atoms with Crippen LogP contribution in [0.15, 0.2) is 24.3 Å². The molecule has 19 heavy (non-hydrogen) atoms. The molecule has 2 aliphatic rings. The van der Waals surface area contributed by atoms with E-state index in [9.17, 15) is 4.79 Å². The standard InChI is InChI=1S/C16H22N2O/c1-18(16(19)13-7-4-8-14(13)17)15-10-9-11-5-2-3-6-12(11)15/h2-3,5-6,13-15H,4,7-10,17H2,1H3. The van der Waals surface area contributed by atoms with Gasteiger partial charge in [0.15, 0.2) is 0 Å². The predicted molar refractivity (Wildman–Crippen MR) is 75.6 cm³/mol. The Morgan fingerprint density at radius 2 is 2.05 bits per heavy atom. The Morgan fingerprint density at radius 3 is 2.79 bits per heavy atom. The first-order chi connectivity index (χ1) is 9.18. The molecule has 1 fully saturated rings. The summed E-state index contributed by atoms with van der Waals surface area (Å²) in [4.78, 5) is 14.5. The average Bonchev–Trinajstić information content (AvgIpc) is 3.03. The Hall–Kier alpha value is -1.35. The van der Waals surface area contributed by atoms with E-state index >= 15 is 0 Å². The second kappa shape index (κ2) is 4.97. The van der Waals surface area contributed by atoms with Gasteiger partial charge in [0.05, 0.1) is 12.0 Å². The van der Waals surface area contributed by atoms with Gasteiger partial charge in [0, 0.05) is 13.1 Å². The maximum atomic E-state index is 12.6. The molecule has 1 saturated carbocycles. The molecule has 3 unspecified atom stereocenters. The molecule has 0 bridgehead atoms. The van der Waals surface area contributed by atoms with Crippen LogP contribution >= 0.6 is 0 Å². The lowest BCUT2D eigenvalue weighted by molar-refractivity contribution is -0.136. The van der Waals surface area contributed by atoms with Crippen molar-refractivity contribution in [3.8, 4) is 0 Å². The summed E-state index contributed by atoms with van der Waals surface area (Å²) in [6, 6.07) is 8.79. The van der Waals surface area contributed by atoms with Crippen molar-refractivity contribution in [2.24, 2.45) is 11.7 Å². The second-order valence-corrected chi connectivity index (χ2v) is 5.90. The third kappa shape index (κ3) is 2.16. The fraction of sp³-hybridized carbons (Fsp3) is 0.562. The first-order valence-corrected chi connectivity index (χ1v) is 7.28. The maximum Gasteiger partial charge on any atom is 0.227 e. The zero-order chi connectivity index (χ0) is 13.4. The molecular weight excluding hydrogens is 236 g/mol. The minimum atomic E-state index is 0.0396. The van der Waals surface area contributed by atoms with Crippen LogP contribution in [0.3, 0.4) is 0 Å². The monoisotopic (exact) mass is 258 g/mol. The minimum Gasteiger partial charge on any atom is -0.338 e. The lowest BCUT2D eigenvalue weighted by Gasteiger charge is -2.29. The first kappa shape index (κ1) is 12.7. The highest BCUT2D eigenvalue weighted by molar-refractivity contribution is 5.80. The van der Waals surface area contributed by atoms with Crippen molar-refractivity contribution in [3.05, 3.63) is 35.4 Å². The van der Waals surface area contributed by atoms with E-state index in [0.29, 0.717) is 0 Å². The molecule has 3 atom stereocenters. The zero-order valence-electron chi connectivity index (χ0n) is 11.5. The van der Waals surface area contributed by atoms with Crippen LogP contribution in [0.2, 0.25) is 0 Å². The molecule has 0 aliphatic heterocycles. The summed E-state index contributed by atoms with van der Waals surface area (Å²) in [5.74, 6) is 0.282. The third-order valence-electron chi connectivity index (χ3n) is 4.80. The van der Waals surface area contributed by atoms with Gasteiger partial charge >= 0.3 is 0 Å². The predicted octanol–water partition coefficient (Wildman–Crippen LogP) is 2.26. The van der Waals surface area contributed by atoms with Crippen molar-refractivity contribution in [2.45, 2.75) is 44.2 Å². The van der Waals surface area contributed by atoms with E-state index in [-0.39, 0.29) is 23.9 Å². The Kier molecular flexibility index (Phi) is 3.31. The summed E-state index contributed by atoms with van der Waals surface area (Å²) >= 11 is 0. The number of aryl methyl sites for hydroxylation is 1. The van der Waals surface area contributed by atoms with Gasteiger partial charge in [-0.25, -0.2) is 0 Å². The van der Waals surface area contributed by atoms with Crippen LogP contribution in [-0.2, 0) is 11.2 Å². The van der Waals surface area contributed by atoms with Crippen molar-refractivity contribution in [1.82, 2.24) is 4.90 Å². The van der Waals surface area contributed by atoms with Crippen LogP contribution in [0, 0.1) is 5.92 Å². The molecule has 3 rings (SSSR count). The number of nitrogens with two attached hydrogens (primary N) is 1. The molecule has 2 N–H and O–H groups in total. The molecule has 102 valence electrons. The van der Waals surface area contributed by atoms with Crippen LogP contribution in [0.5, 0.6) is 0 Å². The van der Waals surface area contributed by atoms with Crippen LogP contribution in [0.1, 0.15) is 42.9 Å². The molecule has 1 amide bonds. The highest BCUT2D eigenvalue weighted by Gasteiger charge is 2.36. The summed E-state index contributed by atoms with van der Waals surface area (Å²) in [5.41, 5.74) is 8.78. The largest absolute Gasteiger partial charge is 0.338 e. The smallest absolute Gasteiger partial charge is 0.227 e. The first-order valence-electron chi connectivity index (χ1n) is 7.28. The molecule has 2 aliphatic carbocycles. The van der Waals surface area contributed by atoms with Crippen molar-refractivity contribution < 1.29 is 4.79 Å². The molecular formula is C16H22N2O.